The largest absolute Gasteiger partial charge is 0.451 e. The van der Waals surface area contributed by atoms with E-state index in [-0.39, 0.29) is 12.5 Å². The van der Waals surface area contributed by atoms with E-state index in [2.05, 4.69) is 16.9 Å². The third-order valence-electron chi connectivity index (χ3n) is 4.59. The smallest absolute Gasteiger partial charge is 0.350 e. The lowest BCUT2D eigenvalue weighted by Gasteiger charge is -2.19. The molecule has 8 heteroatoms. The zero-order valence-corrected chi connectivity index (χ0v) is 18.8. The van der Waals surface area contributed by atoms with Crippen LogP contribution in [0.15, 0.2) is 41.2 Å². The molecule has 2 heterocycles. The number of hydrogen-bond donors (Lipinski definition) is 0. The molecule has 3 aromatic rings. The average Bonchev–Trinajstić information content (AvgIpc) is 3.42. The van der Waals surface area contributed by atoms with Crippen LogP contribution in [0.3, 0.4) is 0 Å². The number of aryl methyl sites for hydroxylation is 1. The highest BCUT2D eigenvalue weighted by Crippen LogP contribution is 2.28. The molecule has 0 saturated carbocycles. The van der Waals surface area contributed by atoms with Gasteiger partial charge in [-0.2, -0.15) is 0 Å². The first-order valence-corrected chi connectivity index (χ1v) is 11.7. The molecule has 0 aliphatic rings. The number of unbranched alkanes of at least 4 members (excludes halogenated alkanes) is 3. The zero-order valence-electron chi connectivity index (χ0n) is 17.2. The Hall–Kier alpha value is -2.58. The van der Waals surface area contributed by atoms with Crippen molar-refractivity contribution < 1.29 is 14.3 Å². The molecule has 0 fully saturated rings. The molecule has 0 radical (unpaired) electrons. The molecular formula is C22H25N3O3S2. The summed E-state index contributed by atoms with van der Waals surface area (Å²) >= 11 is 2.64. The summed E-state index contributed by atoms with van der Waals surface area (Å²) in [7, 11) is 0. The number of rotatable bonds is 10. The standard InChI is InChI=1S/C22H25N3O3S2/c1-3-4-5-9-12-25(19(26)13-28-21(27)20-16(2)23-15-30-20)22-24-18(14-29-22)17-10-7-6-8-11-17/h6-8,10-11,14-15H,3-5,9,12-13H2,1-2H3. The fourth-order valence-corrected chi connectivity index (χ4v) is 4.49. The van der Waals surface area contributed by atoms with Gasteiger partial charge >= 0.3 is 5.97 Å². The Morgan fingerprint density at radius 2 is 1.90 bits per heavy atom. The van der Waals surface area contributed by atoms with Gasteiger partial charge in [0.1, 0.15) is 4.88 Å². The molecule has 158 valence electrons. The molecular weight excluding hydrogens is 418 g/mol. The molecule has 0 aliphatic heterocycles. The number of ether oxygens (including phenoxy) is 1. The van der Waals surface area contributed by atoms with Gasteiger partial charge in [0, 0.05) is 17.5 Å². The van der Waals surface area contributed by atoms with E-state index in [1.54, 1.807) is 17.3 Å². The maximum atomic E-state index is 12.9. The summed E-state index contributed by atoms with van der Waals surface area (Å²) in [4.78, 5) is 35.9. The van der Waals surface area contributed by atoms with Crippen LogP contribution in [0.5, 0.6) is 0 Å². The third kappa shape index (κ3) is 5.73. The predicted octanol–water partition coefficient (Wildman–Crippen LogP) is 5.35. The Balaban J connectivity index is 1.70. The second kappa shape index (κ2) is 11.0. The topological polar surface area (TPSA) is 72.4 Å². The van der Waals surface area contributed by atoms with E-state index in [0.717, 1.165) is 36.9 Å². The highest BCUT2D eigenvalue weighted by atomic mass is 32.1. The molecule has 0 atom stereocenters. The van der Waals surface area contributed by atoms with E-state index in [1.165, 1.54) is 22.7 Å². The maximum absolute atomic E-state index is 12.9. The van der Waals surface area contributed by atoms with E-state index in [1.807, 2.05) is 35.7 Å². The molecule has 0 spiro atoms. The highest BCUT2D eigenvalue weighted by molar-refractivity contribution is 7.14. The van der Waals surface area contributed by atoms with Gasteiger partial charge in [0.05, 0.1) is 16.9 Å². The van der Waals surface area contributed by atoms with Gasteiger partial charge in [-0.15, -0.1) is 22.7 Å². The minimum Gasteiger partial charge on any atom is -0.451 e. The van der Waals surface area contributed by atoms with Crippen molar-refractivity contribution in [3.05, 3.63) is 51.8 Å². The highest BCUT2D eigenvalue weighted by Gasteiger charge is 2.22. The number of anilines is 1. The normalized spacial score (nSPS) is 10.7. The lowest BCUT2D eigenvalue weighted by atomic mass is 10.2. The Kier molecular flexibility index (Phi) is 8.10. The summed E-state index contributed by atoms with van der Waals surface area (Å²) in [5.74, 6) is -0.783. The number of carbonyl (C=O) groups is 2. The molecule has 0 unspecified atom stereocenters. The Bertz CT molecular complexity index is 969. The molecule has 0 aliphatic carbocycles. The molecule has 2 aromatic heterocycles. The number of hydrogen-bond acceptors (Lipinski definition) is 7. The summed E-state index contributed by atoms with van der Waals surface area (Å²) in [5, 5.41) is 2.57. The summed E-state index contributed by atoms with van der Waals surface area (Å²) < 4.78 is 5.27. The third-order valence-corrected chi connectivity index (χ3v) is 6.36. The fourth-order valence-electron chi connectivity index (χ4n) is 2.92. The predicted molar refractivity (Wildman–Crippen MR) is 121 cm³/mol. The quantitative estimate of drug-likeness (QED) is 0.312. The molecule has 0 saturated heterocycles. The van der Waals surface area contributed by atoms with Crippen LogP contribution in [0.1, 0.15) is 48.0 Å². The van der Waals surface area contributed by atoms with E-state index >= 15 is 0 Å². The zero-order chi connectivity index (χ0) is 21.3. The lowest BCUT2D eigenvalue weighted by molar-refractivity contribution is -0.121. The Labute approximate surface area is 184 Å². The first kappa shape index (κ1) is 22.1. The maximum Gasteiger partial charge on any atom is 0.350 e. The van der Waals surface area contributed by atoms with Crippen molar-refractivity contribution in [1.29, 1.82) is 0 Å². The van der Waals surface area contributed by atoms with Crippen molar-refractivity contribution in [1.82, 2.24) is 9.97 Å². The van der Waals surface area contributed by atoms with E-state index < -0.39 is 5.97 Å². The van der Waals surface area contributed by atoms with Gasteiger partial charge < -0.3 is 4.74 Å². The van der Waals surface area contributed by atoms with E-state index in [4.69, 9.17) is 4.74 Å². The molecule has 3 rings (SSSR count). The monoisotopic (exact) mass is 443 g/mol. The van der Waals surface area contributed by atoms with Crippen LogP contribution in [0.25, 0.3) is 11.3 Å². The van der Waals surface area contributed by atoms with Crippen molar-refractivity contribution in [3.63, 3.8) is 0 Å². The lowest BCUT2D eigenvalue weighted by Crippen LogP contribution is -2.35. The van der Waals surface area contributed by atoms with Crippen molar-refractivity contribution in [2.75, 3.05) is 18.1 Å². The van der Waals surface area contributed by atoms with Crippen LogP contribution < -0.4 is 4.90 Å². The second-order valence-corrected chi connectivity index (χ2v) is 8.52. The van der Waals surface area contributed by atoms with Crippen molar-refractivity contribution in [2.45, 2.75) is 39.5 Å². The number of aromatic nitrogens is 2. The SMILES string of the molecule is CCCCCCN(C(=O)COC(=O)c1scnc1C)c1nc(-c2ccccc2)cs1. The number of carbonyl (C=O) groups excluding carboxylic acids is 2. The van der Waals surface area contributed by atoms with Crippen LogP contribution in [-0.4, -0.2) is 35.0 Å². The summed E-state index contributed by atoms with van der Waals surface area (Å²) in [6, 6.07) is 9.86. The average molecular weight is 444 g/mol. The van der Waals surface area contributed by atoms with Gasteiger partial charge in [-0.25, -0.2) is 14.8 Å². The Morgan fingerprint density at radius 3 is 2.60 bits per heavy atom. The van der Waals surface area contributed by atoms with Gasteiger partial charge in [-0.3, -0.25) is 9.69 Å². The van der Waals surface area contributed by atoms with Crippen LogP contribution in [0.2, 0.25) is 0 Å². The van der Waals surface area contributed by atoms with Gasteiger partial charge in [-0.05, 0) is 13.3 Å². The number of amides is 1. The Morgan fingerprint density at radius 1 is 1.10 bits per heavy atom. The molecule has 6 nitrogen and oxygen atoms in total. The molecule has 30 heavy (non-hydrogen) atoms. The van der Waals surface area contributed by atoms with Crippen molar-refractivity contribution >= 4 is 39.7 Å². The minimum absolute atomic E-state index is 0.268. The molecule has 0 N–H and O–H groups in total. The van der Waals surface area contributed by atoms with E-state index in [9.17, 15) is 9.59 Å². The van der Waals surface area contributed by atoms with Crippen LogP contribution in [0.4, 0.5) is 5.13 Å². The van der Waals surface area contributed by atoms with Crippen LogP contribution in [-0.2, 0) is 9.53 Å². The molecule has 1 aromatic carbocycles. The molecule has 1 amide bonds. The van der Waals surface area contributed by atoms with Crippen molar-refractivity contribution in [2.24, 2.45) is 0 Å². The van der Waals surface area contributed by atoms with E-state index in [0.29, 0.717) is 22.2 Å². The first-order valence-electron chi connectivity index (χ1n) is 9.98. The van der Waals surface area contributed by atoms with Crippen molar-refractivity contribution in [3.8, 4) is 11.3 Å². The van der Waals surface area contributed by atoms with Gasteiger partial charge in [0.15, 0.2) is 11.7 Å². The number of thiazole rings is 2. The molecule has 0 bridgehead atoms. The van der Waals surface area contributed by atoms with Crippen LogP contribution >= 0.6 is 22.7 Å². The number of nitrogens with zero attached hydrogens (tertiary/aromatic N) is 3. The summed E-state index contributed by atoms with van der Waals surface area (Å²) in [6.07, 6.45) is 4.16. The summed E-state index contributed by atoms with van der Waals surface area (Å²) in [5.41, 5.74) is 4.04. The number of benzene rings is 1. The van der Waals surface area contributed by atoms with Crippen LogP contribution in [0, 0.1) is 6.92 Å². The minimum atomic E-state index is -0.515. The van der Waals surface area contributed by atoms with Gasteiger partial charge in [-0.1, -0.05) is 56.5 Å². The van der Waals surface area contributed by atoms with Gasteiger partial charge in [0.25, 0.3) is 5.91 Å². The second-order valence-electron chi connectivity index (χ2n) is 6.83. The van der Waals surface area contributed by atoms with Gasteiger partial charge in [0.2, 0.25) is 0 Å². The first-order chi connectivity index (χ1) is 14.6. The number of esters is 1. The fraction of sp³-hybridized carbons (Fsp3) is 0.364. The summed E-state index contributed by atoms with van der Waals surface area (Å²) in [6.45, 7) is 4.13.